The number of carbonyl (C=O) groups is 1. The maximum absolute atomic E-state index is 13.8. The van der Waals surface area contributed by atoms with Crippen molar-refractivity contribution in [3.63, 3.8) is 0 Å². The maximum atomic E-state index is 13.8. The van der Waals surface area contributed by atoms with Crippen LogP contribution in [0.25, 0.3) is 0 Å². The normalized spacial score (nSPS) is 11.9. The molecule has 4 nitrogen and oxygen atoms in total. The second-order valence-corrected chi connectivity index (χ2v) is 5.01. The van der Waals surface area contributed by atoms with E-state index in [-0.39, 0.29) is 12.2 Å². The number of aliphatic hydroxyl groups is 1. The lowest BCUT2D eigenvalue weighted by molar-refractivity contribution is 0.0653. The topological polar surface area (TPSA) is 49.8 Å². The number of rotatable bonds is 5. The van der Waals surface area contributed by atoms with E-state index in [1.165, 1.54) is 19.1 Å². The number of nitrogens with zero attached hydrogens (tertiary/aromatic N) is 1. The molecule has 0 aliphatic heterocycles. The van der Waals surface area contributed by atoms with E-state index in [0.717, 1.165) is 18.2 Å². The Balaban J connectivity index is 2.29. The molecule has 0 radical (unpaired) electrons. The maximum Gasteiger partial charge on any atom is 0.257 e. The number of ether oxygens (including phenoxy) is 1. The summed E-state index contributed by atoms with van der Waals surface area (Å²) in [6.45, 7) is -0.356. The van der Waals surface area contributed by atoms with Crippen molar-refractivity contribution >= 4 is 5.91 Å². The molecule has 1 atom stereocenters. The van der Waals surface area contributed by atoms with Crippen molar-refractivity contribution < 1.29 is 23.4 Å². The van der Waals surface area contributed by atoms with Crippen LogP contribution in [0.1, 0.15) is 22.0 Å². The summed E-state index contributed by atoms with van der Waals surface area (Å²) in [5, 5.41) is 9.60. The number of benzene rings is 2. The van der Waals surface area contributed by atoms with Gasteiger partial charge in [-0.05, 0) is 35.9 Å². The number of likely N-dealkylation sites (N-methyl/N-ethyl adjacent to an activating group) is 1. The predicted molar refractivity (Wildman–Crippen MR) is 81.3 cm³/mol. The summed E-state index contributed by atoms with van der Waals surface area (Å²) in [6.07, 6.45) is 0. The molecule has 0 fully saturated rings. The second kappa shape index (κ2) is 7.19. The van der Waals surface area contributed by atoms with Gasteiger partial charge in [0.2, 0.25) is 0 Å². The molecule has 0 aromatic heterocycles. The van der Waals surface area contributed by atoms with Crippen LogP contribution in [0.3, 0.4) is 0 Å². The van der Waals surface area contributed by atoms with Crippen molar-refractivity contribution in [2.45, 2.75) is 6.04 Å². The Bertz CT molecular complexity index is 689. The van der Waals surface area contributed by atoms with Gasteiger partial charge in [-0.1, -0.05) is 12.1 Å². The zero-order chi connectivity index (χ0) is 17.0. The third-order valence-corrected chi connectivity index (χ3v) is 3.62. The molecule has 122 valence electrons. The van der Waals surface area contributed by atoms with Gasteiger partial charge in [-0.25, -0.2) is 8.78 Å². The second-order valence-electron chi connectivity index (χ2n) is 5.01. The van der Waals surface area contributed by atoms with Crippen molar-refractivity contribution in [2.75, 3.05) is 20.8 Å². The quantitative estimate of drug-likeness (QED) is 0.921. The Hall–Kier alpha value is -2.47. The van der Waals surface area contributed by atoms with E-state index in [1.807, 2.05) is 0 Å². The Morgan fingerprint density at radius 1 is 1.22 bits per heavy atom. The van der Waals surface area contributed by atoms with Crippen LogP contribution in [-0.4, -0.2) is 36.7 Å². The first kappa shape index (κ1) is 16.9. The predicted octanol–water partition coefficient (Wildman–Crippen LogP) is 2.78. The standard InChI is InChI=1S/C17H17F2NO3/c1-20(17(22)14-9-12(18)5-8-15(14)19)16(10-21)11-3-6-13(23-2)7-4-11/h3-9,16,21H,10H2,1-2H3/t16-/m1/s1. The molecule has 1 amide bonds. The van der Waals surface area contributed by atoms with Crippen molar-refractivity contribution in [1.82, 2.24) is 4.90 Å². The van der Waals surface area contributed by atoms with Gasteiger partial charge in [0.25, 0.3) is 5.91 Å². The lowest BCUT2D eigenvalue weighted by atomic mass is 10.0. The minimum Gasteiger partial charge on any atom is -0.497 e. The molecule has 0 aliphatic rings. The smallest absolute Gasteiger partial charge is 0.257 e. The number of hydrogen-bond acceptors (Lipinski definition) is 3. The van der Waals surface area contributed by atoms with Gasteiger partial charge >= 0.3 is 0 Å². The highest BCUT2D eigenvalue weighted by molar-refractivity contribution is 5.94. The van der Waals surface area contributed by atoms with Crippen LogP contribution >= 0.6 is 0 Å². The third-order valence-electron chi connectivity index (χ3n) is 3.62. The zero-order valence-corrected chi connectivity index (χ0v) is 12.8. The van der Waals surface area contributed by atoms with Crippen LogP contribution in [0.4, 0.5) is 8.78 Å². The summed E-state index contributed by atoms with van der Waals surface area (Å²) in [5.74, 6) is -1.59. The molecule has 0 bridgehead atoms. The van der Waals surface area contributed by atoms with Crippen molar-refractivity contribution in [3.8, 4) is 5.75 Å². The van der Waals surface area contributed by atoms with E-state index in [0.29, 0.717) is 11.3 Å². The Kier molecular flexibility index (Phi) is 5.28. The van der Waals surface area contributed by atoms with E-state index in [2.05, 4.69) is 0 Å². The van der Waals surface area contributed by atoms with E-state index in [4.69, 9.17) is 4.74 Å². The number of carbonyl (C=O) groups excluding carboxylic acids is 1. The first-order valence-electron chi connectivity index (χ1n) is 6.95. The largest absolute Gasteiger partial charge is 0.497 e. The molecular weight excluding hydrogens is 304 g/mol. The monoisotopic (exact) mass is 321 g/mol. The van der Waals surface area contributed by atoms with Crippen molar-refractivity contribution in [1.29, 1.82) is 0 Å². The number of hydrogen-bond donors (Lipinski definition) is 1. The molecule has 0 spiro atoms. The number of aliphatic hydroxyl groups excluding tert-OH is 1. The van der Waals surface area contributed by atoms with Crippen LogP contribution in [0.2, 0.25) is 0 Å². The van der Waals surface area contributed by atoms with Crippen LogP contribution in [0.15, 0.2) is 42.5 Å². The molecule has 0 aliphatic carbocycles. The molecule has 2 aromatic carbocycles. The molecular formula is C17H17F2NO3. The summed E-state index contributed by atoms with van der Waals surface area (Å²) in [5.41, 5.74) is 0.278. The summed E-state index contributed by atoms with van der Waals surface area (Å²) in [7, 11) is 2.96. The Morgan fingerprint density at radius 3 is 2.43 bits per heavy atom. The average molecular weight is 321 g/mol. The van der Waals surface area contributed by atoms with Crippen molar-refractivity contribution in [2.24, 2.45) is 0 Å². The van der Waals surface area contributed by atoms with Gasteiger partial charge < -0.3 is 14.7 Å². The molecule has 0 unspecified atom stereocenters. The lowest BCUT2D eigenvalue weighted by Gasteiger charge is -2.27. The van der Waals surface area contributed by atoms with Crippen LogP contribution in [0.5, 0.6) is 5.75 Å². The number of halogens is 2. The van der Waals surface area contributed by atoms with Gasteiger partial charge in [0.1, 0.15) is 17.4 Å². The van der Waals surface area contributed by atoms with Gasteiger partial charge in [0.05, 0.1) is 25.3 Å². The highest BCUT2D eigenvalue weighted by Crippen LogP contribution is 2.24. The van der Waals surface area contributed by atoms with Crippen LogP contribution in [0, 0.1) is 11.6 Å². The van der Waals surface area contributed by atoms with E-state index in [1.54, 1.807) is 24.3 Å². The van der Waals surface area contributed by atoms with Crippen molar-refractivity contribution in [3.05, 3.63) is 65.2 Å². The molecule has 0 saturated heterocycles. The molecule has 6 heteroatoms. The molecule has 23 heavy (non-hydrogen) atoms. The van der Waals surface area contributed by atoms with Crippen LogP contribution in [-0.2, 0) is 0 Å². The lowest BCUT2D eigenvalue weighted by Crippen LogP contribution is -2.33. The van der Waals surface area contributed by atoms with Gasteiger partial charge in [-0.3, -0.25) is 4.79 Å². The molecule has 1 N–H and O–H groups in total. The molecule has 2 aromatic rings. The molecule has 2 rings (SSSR count). The first-order valence-corrected chi connectivity index (χ1v) is 6.95. The van der Waals surface area contributed by atoms with Gasteiger partial charge in [-0.2, -0.15) is 0 Å². The van der Waals surface area contributed by atoms with E-state index >= 15 is 0 Å². The highest BCUT2D eigenvalue weighted by atomic mass is 19.1. The highest BCUT2D eigenvalue weighted by Gasteiger charge is 2.24. The minimum atomic E-state index is -0.810. The van der Waals surface area contributed by atoms with E-state index < -0.39 is 23.6 Å². The van der Waals surface area contributed by atoms with E-state index in [9.17, 15) is 18.7 Å². The summed E-state index contributed by atoms with van der Waals surface area (Å²) in [6, 6.07) is 8.79. The third kappa shape index (κ3) is 3.65. The number of amides is 1. The van der Waals surface area contributed by atoms with Gasteiger partial charge in [0, 0.05) is 7.05 Å². The molecule has 0 heterocycles. The fourth-order valence-electron chi connectivity index (χ4n) is 2.27. The molecule has 0 saturated carbocycles. The summed E-state index contributed by atoms with van der Waals surface area (Å²) in [4.78, 5) is 13.6. The Labute approximate surface area is 132 Å². The van der Waals surface area contributed by atoms with Gasteiger partial charge in [-0.15, -0.1) is 0 Å². The minimum absolute atomic E-state index is 0.356. The van der Waals surface area contributed by atoms with Gasteiger partial charge in [0.15, 0.2) is 0 Å². The summed E-state index contributed by atoms with van der Waals surface area (Å²) >= 11 is 0. The number of methoxy groups -OCH3 is 1. The summed E-state index contributed by atoms with van der Waals surface area (Å²) < 4.78 is 32.1. The zero-order valence-electron chi connectivity index (χ0n) is 12.8. The average Bonchev–Trinajstić information content (AvgIpc) is 2.57. The fraction of sp³-hybridized carbons (Fsp3) is 0.235. The fourth-order valence-corrected chi connectivity index (χ4v) is 2.27. The van der Waals surface area contributed by atoms with Crippen LogP contribution < -0.4 is 4.74 Å². The Morgan fingerprint density at radius 2 is 1.87 bits per heavy atom. The SMILES string of the molecule is COc1ccc([C@@H](CO)N(C)C(=O)c2cc(F)ccc2F)cc1. The first-order chi connectivity index (χ1) is 11.0.